The highest BCUT2D eigenvalue weighted by molar-refractivity contribution is 6.31. The summed E-state index contributed by atoms with van der Waals surface area (Å²) in [5.41, 5.74) is 1.67. The topological polar surface area (TPSA) is 63.2 Å². The second-order valence-electron chi connectivity index (χ2n) is 5.37. The fraction of sp³-hybridized carbons (Fsp3) is 0.294. The number of anilines is 2. The number of ether oxygens (including phenoxy) is 1. The molecule has 3 rings (SSSR count). The Hall–Kier alpha value is -2.11. The van der Waals surface area contributed by atoms with E-state index < -0.39 is 0 Å². The zero-order valence-electron chi connectivity index (χ0n) is 12.6. The zero-order valence-corrected chi connectivity index (χ0v) is 13.3. The largest absolute Gasteiger partial charge is 0.368 e. The van der Waals surface area contributed by atoms with E-state index in [1.165, 1.54) is 0 Å². The average Bonchev–Trinajstić information content (AvgIpc) is 3.10. The number of amides is 1. The van der Waals surface area contributed by atoms with Gasteiger partial charge in [0.15, 0.2) is 0 Å². The van der Waals surface area contributed by atoms with Crippen molar-refractivity contribution < 1.29 is 9.53 Å². The Balaban J connectivity index is 1.54. The Labute approximate surface area is 140 Å². The van der Waals surface area contributed by atoms with Crippen LogP contribution in [0.2, 0.25) is 5.02 Å². The first-order chi connectivity index (χ1) is 11.2. The van der Waals surface area contributed by atoms with E-state index in [1.807, 2.05) is 36.4 Å². The third kappa shape index (κ3) is 4.21. The van der Waals surface area contributed by atoms with Gasteiger partial charge in [-0.25, -0.2) is 4.98 Å². The molecule has 1 aliphatic heterocycles. The van der Waals surface area contributed by atoms with Gasteiger partial charge in [0, 0.05) is 18.2 Å². The number of nitrogens with one attached hydrogen (secondary N) is 2. The van der Waals surface area contributed by atoms with Crippen LogP contribution in [0.15, 0.2) is 42.6 Å². The fourth-order valence-electron chi connectivity index (χ4n) is 2.41. The summed E-state index contributed by atoms with van der Waals surface area (Å²) in [4.78, 5) is 16.2. The molecule has 1 amide bonds. The summed E-state index contributed by atoms with van der Waals surface area (Å²) >= 11 is 6.12. The van der Waals surface area contributed by atoms with Gasteiger partial charge in [0.1, 0.15) is 11.9 Å². The maximum absolute atomic E-state index is 12.0. The Bertz CT molecular complexity index is 670. The molecule has 1 saturated heterocycles. The first kappa shape index (κ1) is 15.8. The van der Waals surface area contributed by atoms with Crippen molar-refractivity contribution in [3.8, 4) is 0 Å². The molecule has 1 aromatic carbocycles. The molecule has 1 fully saturated rings. The van der Waals surface area contributed by atoms with Crippen molar-refractivity contribution >= 4 is 29.0 Å². The third-order valence-corrected chi connectivity index (χ3v) is 4.04. The third-order valence-electron chi connectivity index (χ3n) is 3.67. The molecular weight excluding hydrogens is 314 g/mol. The predicted octanol–water partition coefficient (Wildman–Crippen LogP) is 3.46. The second kappa shape index (κ2) is 7.44. The fourth-order valence-corrected chi connectivity index (χ4v) is 2.61. The van der Waals surface area contributed by atoms with Crippen molar-refractivity contribution in [2.24, 2.45) is 0 Å². The molecule has 0 spiro atoms. The van der Waals surface area contributed by atoms with E-state index >= 15 is 0 Å². The average molecular weight is 332 g/mol. The van der Waals surface area contributed by atoms with Crippen molar-refractivity contribution in [3.05, 3.63) is 53.2 Å². The molecule has 2 aromatic rings. The normalized spacial score (nSPS) is 17.0. The quantitative estimate of drug-likeness (QED) is 0.880. The maximum atomic E-state index is 12.0. The lowest BCUT2D eigenvalue weighted by Crippen LogP contribution is -2.26. The van der Waals surface area contributed by atoms with E-state index in [-0.39, 0.29) is 12.0 Å². The molecule has 120 valence electrons. The summed E-state index contributed by atoms with van der Waals surface area (Å²) in [6.07, 6.45) is 2.99. The number of pyridine rings is 1. The van der Waals surface area contributed by atoms with Crippen LogP contribution < -0.4 is 10.6 Å². The van der Waals surface area contributed by atoms with E-state index in [0.717, 1.165) is 29.2 Å². The Morgan fingerprint density at radius 3 is 2.87 bits per heavy atom. The second-order valence-corrected chi connectivity index (χ2v) is 5.78. The lowest BCUT2D eigenvalue weighted by Gasteiger charge is -2.11. The van der Waals surface area contributed by atoms with Gasteiger partial charge in [-0.3, -0.25) is 4.79 Å². The molecule has 23 heavy (non-hydrogen) atoms. The first-order valence-electron chi connectivity index (χ1n) is 7.58. The minimum atomic E-state index is -0.340. The molecule has 0 radical (unpaired) electrons. The first-order valence-corrected chi connectivity index (χ1v) is 7.96. The highest BCUT2D eigenvalue weighted by Crippen LogP contribution is 2.18. The molecule has 6 heteroatoms. The number of carbonyl (C=O) groups excluding carboxylic acids is 1. The van der Waals surface area contributed by atoms with Gasteiger partial charge in [0.25, 0.3) is 5.91 Å². The van der Waals surface area contributed by atoms with Crippen LogP contribution in [0.5, 0.6) is 0 Å². The standard InChI is InChI=1S/C17H18ClN3O2/c18-14-5-2-1-4-12(14)10-19-16-8-7-13(11-20-16)21-17(22)15-6-3-9-23-15/h1-2,4-5,7-8,11,15H,3,6,9-10H2,(H,19,20)(H,21,22). The number of halogens is 1. The van der Waals surface area contributed by atoms with Gasteiger partial charge in [-0.2, -0.15) is 0 Å². The van der Waals surface area contributed by atoms with Crippen LogP contribution in [0.4, 0.5) is 11.5 Å². The summed E-state index contributed by atoms with van der Waals surface area (Å²) in [5, 5.41) is 6.75. The number of hydrogen-bond acceptors (Lipinski definition) is 4. The van der Waals surface area contributed by atoms with Crippen LogP contribution in [0.25, 0.3) is 0 Å². The lowest BCUT2D eigenvalue weighted by molar-refractivity contribution is -0.124. The molecule has 1 atom stereocenters. The van der Waals surface area contributed by atoms with E-state index in [4.69, 9.17) is 16.3 Å². The SMILES string of the molecule is O=C(Nc1ccc(NCc2ccccc2Cl)nc1)C1CCCO1. The van der Waals surface area contributed by atoms with E-state index in [2.05, 4.69) is 15.6 Å². The van der Waals surface area contributed by atoms with Crippen LogP contribution in [-0.4, -0.2) is 23.6 Å². The number of hydrogen-bond donors (Lipinski definition) is 2. The molecule has 1 aromatic heterocycles. The zero-order chi connectivity index (χ0) is 16.1. The van der Waals surface area contributed by atoms with Gasteiger partial charge in [-0.1, -0.05) is 29.8 Å². The number of nitrogens with zero attached hydrogens (tertiary/aromatic N) is 1. The molecular formula is C17H18ClN3O2. The van der Waals surface area contributed by atoms with Crippen molar-refractivity contribution in [1.29, 1.82) is 0 Å². The highest BCUT2D eigenvalue weighted by atomic mass is 35.5. The van der Waals surface area contributed by atoms with Gasteiger partial charge in [-0.05, 0) is 36.6 Å². The van der Waals surface area contributed by atoms with Gasteiger partial charge in [0.05, 0.1) is 11.9 Å². The number of rotatable bonds is 5. The van der Waals surface area contributed by atoms with E-state index in [9.17, 15) is 4.79 Å². The van der Waals surface area contributed by atoms with Crippen molar-refractivity contribution in [2.45, 2.75) is 25.5 Å². The molecule has 5 nitrogen and oxygen atoms in total. The van der Waals surface area contributed by atoms with Crippen molar-refractivity contribution in [2.75, 3.05) is 17.2 Å². The summed E-state index contributed by atoms with van der Waals surface area (Å²) in [6.45, 7) is 1.25. The van der Waals surface area contributed by atoms with Gasteiger partial charge < -0.3 is 15.4 Å². The number of aromatic nitrogens is 1. The van der Waals surface area contributed by atoms with Crippen LogP contribution >= 0.6 is 11.6 Å². The van der Waals surface area contributed by atoms with Crippen LogP contribution in [0.3, 0.4) is 0 Å². The summed E-state index contributed by atoms with van der Waals surface area (Å²) in [6, 6.07) is 11.3. The molecule has 0 saturated carbocycles. The van der Waals surface area contributed by atoms with Crippen LogP contribution in [0, 0.1) is 0 Å². The minimum absolute atomic E-state index is 0.110. The Morgan fingerprint density at radius 2 is 2.17 bits per heavy atom. The molecule has 0 bridgehead atoms. The van der Waals surface area contributed by atoms with E-state index in [1.54, 1.807) is 6.20 Å². The summed E-state index contributed by atoms with van der Waals surface area (Å²) < 4.78 is 5.35. The molecule has 2 heterocycles. The van der Waals surface area contributed by atoms with Gasteiger partial charge in [-0.15, -0.1) is 0 Å². The summed E-state index contributed by atoms with van der Waals surface area (Å²) in [7, 11) is 0. The van der Waals surface area contributed by atoms with Gasteiger partial charge in [0.2, 0.25) is 0 Å². The van der Waals surface area contributed by atoms with Crippen molar-refractivity contribution in [1.82, 2.24) is 4.98 Å². The summed E-state index contributed by atoms with van der Waals surface area (Å²) in [5.74, 6) is 0.612. The molecule has 1 aliphatic rings. The van der Waals surface area contributed by atoms with Crippen LogP contribution in [-0.2, 0) is 16.1 Å². The Kier molecular flexibility index (Phi) is 5.10. The van der Waals surface area contributed by atoms with Gasteiger partial charge >= 0.3 is 0 Å². The number of benzene rings is 1. The maximum Gasteiger partial charge on any atom is 0.253 e. The highest BCUT2D eigenvalue weighted by Gasteiger charge is 2.23. The molecule has 1 unspecified atom stereocenters. The minimum Gasteiger partial charge on any atom is -0.368 e. The van der Waals surface area contributed by atoms with Crippen LogP contribution in [0.1, 0.15) is 18.4 Å². The predicted molar refractivity (Wildman–Crippen MR) is 90.6 cm³/mol. The van der Waals surface area contributed by atoms with E-state index in [0.29, 0.717) is 18.8 Å². The molecule has 2 N–H and O–H groups in total. The monoisotopic (exact) mass is 331 g/mol. The molecule has 0 aliphatic carbocycles. The number of carbonyl (C=O) groups is 1. The van der Waals surface area contributed by atoms with Crippen molar-refractivity contribution in [3.63, 3.8) is 0 Å². The Morgan fingerprint density at radius 1 is 1.30 bits per heavy atom. The smallest absolute Gasteiger partial charge is 0.253 e. The lowest BCUT2D eigenvalue weighted by atomic mass is 10.2.